The molecule has 0 saturated carbocycles. The maximum absolute atomic E-state index is 6.52. The normalized spacial score (nSPS) is 21.3. The minimum Gasteiger partial charge on any atom is -0.467 e. The molecular formula is C28H32ClN7O. The molecule has 3 aliphatic rings. The zero-order valence-electron chi connectivity index (χ0n) is 21.3. The van der Waals surface area contributed by atoms with E-state index in [9.17, 15) is 0 Å². The van der Waals surface area contributed by atoms with Crippen molar-refractivity contribution in [2.24, 2.45) is 0 Å². The zero-order chi connectivity index (χ0) is 25.4. The van der Waals surface area contributed by atoms with E-state index in [0.717, 1.165) is 40.6 Å². The van der Waals surface area contributed by atoms with Crippen LogP contribution in [0.25, 0.3) is 33.2 Å². The van der Waals surface area contributed by atoms with Gasteiger partial charge in [0.15, 0.2) is 11.5 Å². The van der Waals surface area contributed by atoms with E-state index < -0.39 is 0 Å². The number of nitrogens with zero attached hydrogens (tertiary/aromatic N) is 6. The third kappa shape index (κ3) is 4.93. The SMILES string of the molecule is CN1CCCC1.COc1nc(N2CC3CCC(C2)N3)c2cnc(-c3cccc4cccc(Cl)c34)nc2n1. The summed E-state index contributed by atoms with van der Waals surface area (Å²) in [6, 6.07) is 13.2. The van der Waals surface area contributed by atoms with Gasteiger partial charge in [0, 0.05) is 47.3 Å². The summed E-state index contributed by atoms with van der Waals surface area (Å²) in [6.45, 7) is 4.46. The van der Waals surface area contributed by atoms with Gasteiger partial charge in [-0.15, -0.1) is 0 Å². The number of hydrogen-bond acceptors (Lipinski definition) is 8. The van der Waals surface area contributed by atoms with Gasteiger partial charge in [-0.3, -0.25) is 0 Å². The summed E-state index contributed by atoms with van der Waals surface area (Å²) in [4.78, 5) is 23.4. The van der Waals surface area contributed by atoms with E-state index >= 15 is 0 Å². The first-order valence-corrected chi connectivity index (χ1v) is 13.4. The van der Waals surface area contributed by atoms with Gasteiger partial charge in [0.25, 0.3) is 0 Å². The van der Waals surface area contributed by atoms with Gasteiger partial charge < -0.3 is 19.9 Å². The lowest BCUT2D eigenvalue weighted by Crippen LogP contribution is -2.51. The zero-order valence-corrected chi connectivity index (χ0v) is 22.1. The molecule has 2 aromatic heterocycles. The predicted octanol–water partition coefficient (Wildman–Crippen LogP) is 4.55. The van der Waals surface area contributed by atoms with Gasteiger partial charge in [0.2, 0.25) is 0 Å². The van der Waals surface area contributed by atoms with Crippen LogP contribution in [0.5, 0.6) is 6.01 Å². The summed E-state index contributed by atoms with van der Waals surface area (Å²) in [5.41, 5.74) is 1.45. The average Bonchev–Trinajstić information content (AvgIpc) is 3.54. The van der Waals surface area contributed by atoms with Gasteiger partial charge in [-0.05, 0) is 57.3 Å². The standard InChI is InChI=1S/C23H21ClN6O.C5H11N/c1-31-23-28-21-17(22(29-23)30-11-14-8-9-15(12-30)26-14)10-25-20(27-21)16-6-2-4-13-5-3-7-18(24)19(13)16;1-6-4-2-3-5-6/h2-7,10,14-15,26H,8-9,11-12H2,1H3;2-5H2,1H3. The van der Waals surface area contributed by atoms with Crippen LogP contribution >= 0.6 is 11.6 Å². The highest BCUT2D eigenvalue weighted by Crippen LogP contribution is 2.34. The lowest BCUT2D eigenvalue weighted by atomic mass is 10.0. The fourth-order valence-corrected chi connectivity index (χ4v) is 5.95. The second kappa shape index (κ2) is 10.4. The summed E-state index contributed by atoms with van der Waals surface area (Å²) in [5.74, 6) is 1.42. The predicted molar refractivity (Wildman–Crippen MR) is 149 cm³/mol. The molecule has 192 valence electrons. The van der Waals surface area contributed by atoms with Gasteiger partial charge in [0.1, 0.15) is 5.82 Å². The molecule has 9 heteroatoms. The molecule has 2 aromatic carbocycles. The van der Waals surface area contributed by atoms with Crippen molar-refractivity contribution >= 4 is 39.2 Å². The summed E-state index contributed by atoms with van der Waals surface area (Å²) >= 11 is 6.52. The van der Waals surface area contributed by atoms with Crippen molar-refractivity contribution in [1.29, 1.82) is 0 Å². The van der Waals surface area contributed by atoms with Gasteiger partial charge in [-0.1, -0.05) is 41.9 Å². The highest BCUT2D eigenvalue weighted by molar-refractivity contribution is 6.36. The monoisotopic (exact) mass is 517 g/mol. The van der Waals surface area contributed by atoms with Crippen molar-refractivity contribution in [2.45, 2.75) is 37.8 Å². The highest BCUT2D eigenvalue weighted by atomic mass is 35.5. The number of fused-ring (bicyclic) bond motifs is 4. The van der Waals surface area contributed by atoms with Crippen molar-refractivity contribution < 1.29 is 4.74 Å². The number of likely N-dealkylation sites (tertiary alicyclic amines) is 1. The number of ether oxygens (including phenoxy) is 1. The summed E-state index contributed by atoms with van der Waals surface area (Å²) in [6.07, 6.45) is 7.05. The molecule has 0 amide bonds. The molecule has 7 rings (SSSR count). The number of aromatic nitrogens is 4. The minimum absolute atomic E-state index is 0.314. The molecule has 5 heterocycles. The van der Waals surface area contributed by atoms with Crippen LogP contribution in [0.4, 0.5) is 5.82 Å². The maximum Gasteiger partial charge on any atom is 0.320 e. The van der Waals surface area contributed by atoms with Crippen molar-refractivity contribution in [3.63, 3.8) is 0 Å². The third-order valence-corrected chi connectivity index (χ3v) is 7.85. The first kappa shape index (κ1) is 24.3. The van der Waals surface area contributed by atoms with E-state index in [1.807, 2.05) is 42.6 Å². The first-order valence-electron chi connectivity index (χ1n) is 13.0. The Bertz CT molecular complexity index is 1410. The van der Waals surface area contributed by atoms with E-state index in [1.165, 1.54) is 38.8 Å². The van der Waals surface area contributed by atoms with E-state index in [0.29, 0.717) is 34.6 Å². The van der Waals surface area contributed by atoms with E-state index in [4.69, 9.17) is 26.3 Å². The molecular weight excluding hydrogens is 486 g/mol. The van der Waals surface area contributed by atoms with Crippen molar-refractivity contribution in [3.8, 4) is 17.4 Å². The third-order valence-electron chi connectivity index (χ3n) is 7.54. The molecule has 4 aromatic rings. The summed E-state index contributed by atoms with van der Waals surface area (Å²) in [5, 5.41) is 7.15. The lowest BCUT2D eigenvalue weighted by Gasteiger charge is -2.34. The molecule has 8 nitrogen and oxygen atoms in total. The number of hydrogen-bond donors (Lipinski definition) is 1. The van der Waals surface area contributed by atoms with Crippen LogP contribution in [0.1, 0.15) is 25.7 Å². The minimum atomic E-state index is 0.314. The van der Waals surface area contributed by atoms with Gasteiger partial charge in [-0.25, -0.2) is 9.97 Å². The molecule has 2 bridgehead atoms. The number of piperazine rings is 1. The Balaban J connectivity index is 0.000000372. The second-order valence-corrected chi connectivity index (χ2v) is 10.6. The number of benzene rings is 2. The first-order chi connectivity index (χ1) is 18.1. The van der Waals surface area contributed by atoms with Crippen LogP contribution in [0, 0.1) is 0 Å². The number of rotatable bonds is 3. The van der Waals surface area contributed by atoms with Crippen molar-refractivity contribution in [3.05, 3.63) is 47.6 Å². The van der Waals surface area contributed by atoms with Crippen LogP contribution in [0.15, 0.2) is 42.6 Å². The highest BCUT2D eigenvalue weighted by Gasteiger charge is 2.33. The Morgan fingerprint density at radius 3 is 2.38 bits per heavy atom. The Labute approximate surface area is 222 Å². The lowest BCUT2D eigenvalue weighted by molar-refractivity contribution is 0.380. The maximum atomic E-state index is 6.52. The Hall–Kier alpha value is -3.07. The Morgan fingerprint density at radius 1 is 0.973 bits per heavy atom. The van der Waals surface area contributed by atoms with Gasteiger partial charge in [0.05, 0.1) is 12.5 Å². The molecule has 3 fully saturated rings. The number of anilines is 1. The summed E-state index contributed by atoms with van der Waals surface area (Å²) in [7, 11) is 3.76. The number of halogens is 1. The second-order valence-electron chi connectivity index (χ2n) is 10.2. The fourth-order valence-electron chi connectivity index (χ4n) is 5.67. The van der Waals surface area contributed by atoms with Crippen molar-refractivity contribution in [2.75, 3.05) is 45.2 Å². The molecule has 1 N–H and O–H groups in total. The molecule has 0 aliphatic carbocycles. The number of methoxy groups -OCH3 is 1. The van der Waals surface area contributed by atoms with Gasteiger partial charge in [-0.2, -0.15) is 9.97 Å². The molecule has 3 aliphatic heterocycles. The van der Waals surface area contributed by atoms with Crippen LogP contribution < -0.4 is 15.0 Å². The van der Waals surface area contributed by atoms with Gasteiger partial charge >= 0.3 is 6.01 Å². The molecule has 3 saturated heterocycles. The molecule has 0 spiro atoms. The quantitative estimate of drug-likeness (QED) is 0.424. The van der Waals surface area contributed by atoms with Crippen LogP contribution in [0.2, 0.25) is 5.02 Å². The Kier molecular flexibility index (Phi) is 6.80. The Morgan fingerprint density at radius 2 is 1.70 bits per heavy atom. The van der Waals surface area contributed by atoms with E-state index in [2.05, 4.69) is 32.1 Å². The van der Waals surface area contributed by atoms with Crippen LogP contribution in [-0.2, 0) is 0 Å². The van der Waals surface area contributed by atoms with Crippen molar-refractivity contribution in [1.82, 2.24) is 30.2 Å². The molecule has 37 heavy (non-hydrogen) atoms. The van der Waals surface area contributed by atoms with E-state index in [-0.39, 0.29) is 0 Å². The van der Waals surface area contributed by atoms with E-state index in [1.54, 1.807) is 7.11 Å². The average molecular weight is 518 g/mol. The molecule has 2 atom stereocenters. The molecule has 0 radical (unpaired) electrons. The topological polar surface area (TPSA) is 79.3 Å². The largest absolute Gasteiger partial charge is 0.467 e. The fraction of sp³-hybridized carbons (Fsp3) is 0.429. The van der Waals surface area contributed by atoms with Crippen LogP contribution in [0.3, 0.4) is 0 Å². The smallest absolute Gasteiger partial charge is 0.320 e. The van der Waals surface area contributed by atoms with Crippen LogP contribution in [-0.4, -0.2) is 77.3 Å². The molecule has 2 unspecified atom stereocenters. The summed E-state index contributed by atoms with van der Waals surface area (Å²) < 4.78 is 5.41. The number of nitrogens with one attached hydrogen (secondary N) is 1.